The van der Waals surface area contributed by atoms with E-state index >= 15 is 0 Å². The van der Waals surface area contributed by atoms with E-state index in [1.54, 1.807) is 29.6 Å². The molecule has 2 aromatic carbocycles. The van der Waals surface area contributed by atoms with Crippen LogP contribution in [0.1, 0.15) is 35.7 Å². The highest BCUT2D eigenvalue weighted by atomic mass is 16.2. The van der Waals surface area contributed by atoms with Crippen LogP contribution in [0, 0.1) is 0 Å². The first-order chi connectivity index (χ1) is 17.0. The maximum absolute atomic E-state index is 13.5. The van der Waals surface area contributed by atoms with Gasteiger partial charge in [0.1, 0.15) is 18.2 Å². The van der Waals surface area contributed by atoms with E-state index in [1.807, 2.05) is 52.9 Å². The number of fused-ring (bicyclic) bond motifs is 1. The number of anilines is 1. The van der Waals surface area contributed by atoms with Gasteiger partial charge < -0.3 is 20.1 Å². The van der Waals surface area contributed by atoms with Crippen molar-refractivity contribution in [3.05, 3.63) is 78.6 Å². The first-order valence-electron chi connectivity index (χ1n) is 11.7. The Morgan fingerprint density at radius 1 is 1.11 bits per heavy atom. The molecule has 1 fully saturated rings. The molecule has 178 valence electrons. The second-order valence-electron chi connectivity index (χ2n) is 8.69. The number of hydrogen-bond acceptors (Lipinski definition) is 6. The van der Waals surface area contributed by atoms with E-state index < -0.39 is 6.04 Å². The van der Waals surface area contributed by atoms with E-state index in [0.29, 0.717) is 37.4 Å². The molecule has 1 unspecified atom stereocenters. The van der Waals surface area contributed by atoms with Crippen molar-refractivity contribution >= 4 is 28.5 Å². The zero-order valence-corrected chi connectivity index (χ0v) is 19.5. The second kappa shape index (κ2) is 9.54. The third kappa shape index (κ3) is 4.44. The minimum Gasteiger partial charge on any atom is -0.383 e. The lowest BCUT2D eigenvalue weighted by Crippen LogP contribution is -2.58. The highest BCUT2D eigenvalue weighted by Gasteiger charge is 2.37. The summed E-state index contributed by atoms with van der Waals surface area (Å²) in [5, 5.41) is 0.793. The van der Waals surface area contributed by atoms with E-state index in [9.17, 15) is 9.59 Å². The molecule has 2 amide bonds. The lowest BCUT2D eigenvalue weighted by molar-refractivity contribution is -0.141. The lowest BCUT2D eigenvalue weighted by atomic mass is 10.0. The number of nitrogens with zero attached hydrogens (tertiary/aromatic N) is 6. The highest BCUT2D eigenvalue weighted by molar-refractivity contribution is 5.98. The molecule has 2 N–H and O–H groups in total. The van der Waals surface area contributed by atoms with E-state index in [2.05, 4.69) is 15.0 Å². The van der Waals surface area contributed by atoms with Gasteiger partial charge in [0.25, 0.3) is 5.91 Å². The van der Waals surface area contributed by atoms with Gasteiger partial charge >= 0.3 is 0 Å². The summed E-state index contributed by atoms with van der Waals surface area (Å²) in [7, 11) is 0. The predicted octanol–water partition coefficient (Wildman–Crippen LogP) is 3.05. The molecule has 4 aromatic rings. The summed E-state index contributed by atoms with van der Waals surface area (Å²) in [6.07, 6.45) is 8.14. The van der Waals surface area contributed by atoms with Crippen molar-refractivity contribution in [2.45, 2.75) is 32.4 Å². The van der Waals surface area contributed by atoms with Crippen molar-refractivity contribution in [3.63, 3.8) is 0 Å². The maximum Gasteiger partial charge on any atom is 0.254 e. The molecule has 0 aliphatic carbocycles. The molecule has 1 atom stereocenters. The number of hydrogen-bond donors (Lipinski definition) is 1. The van der Waals surface area contributed by atoms with E-state index in [0.717, 1.165) is 28.6 Å². The van der Waals surface area contributed by atoms with Crippen LogP contribution in [0.3, 0.4) is 0 Å². The summed E-state index contributed by atoms with van der Waals surface area (Å²) in [4.78, 5) is 42.8. The molecule has 2 aromatic heterocycles. The Balaban J connectivity index is 1.33. The molecule has 1 aliphatic rings. The van der Waals surface area contributed by atoms with Gasteiger partial charge in [0.2, 0.25) is 5.91 Å². The van der Waals surface area contributed by atoms with Gasteiger partial charge in [-0.1, -0.05) is 19.4 Å². The molecule has 35 heavy (non-hydrogen) atoms. The molecular weight excluding hydrogens is 442 g/mol. The summed E-state index contributed by atoms with van der Waals surface area (Å²) in [6, 6.07) is 12.7. The van der Waals surface area contributed by atoms with Gasteiger partial charge in [-0.2, -0.15) is 0 Å². The van der Waals surface area contributed by atoms with Crippen LogP contribution >= 0.6 is 0 Å². The molecular formula is C26H27N7O2. The summed E-state index contributed by atoms with van der Waals surface area (Å²) in [5.41, 5.74) is 9.14. The van der Waals surface area contributed by atoms with Gasteiger partial charge in [-0.05, 0) is 48.4 Å². The molecule has 0 bridgehead atoms. The van der Waals surface area contributed by atoms with Crippen molar-refractivity contribution in [1.29, 1.82) is 0 Å². The third-order valence-electron chi connectivity index (χ3n) is 6.43. The average molecular weight is 470 g/mol. The molecule has 3 heterocycles. The largest absolute Gasteiger partial charge is 0.383 e. The zero-order chi connectivity index (χ0) is 24.4. The van der Waals surface area contributed by atoms with Crippen LogP contribution in [0.15, 0.2) is 67.5 Å². The maximum atomic E-state index is 13.5. The first-order valence-corrected chi connectivity index (χ1v) is 11.7. The van der Waals surface area contributed by atoms with E-state index in [1.165, 1.54) is 6.33 Å². The average Bonchev–Trinajstić information content (AvgIpc) is 3.42. The number of nitrogen functional groups attached to an aromatic ring is 1. The zero-order valence-electron chi connectivity index (χ0n) is 19.5. The van der Waals surface area contributed by atoms with Crippen LogP contribution in [-0.4, -0.2) is 60.3 Å². The number of carbonyl (C=O) groups is 2. The molecule has 1 saturated heterocycles. The van der Waals surface area contributed by atoms with Gasteiger partial charge in [0.05, 0.1) is 11.8 Å². The molecule has 0 spiro atoms. The number of amides is 2. The van der Waals surface area contributed by atoms with Gasteiger partial charge in [-0.3, -0.25) is 9.59 Å². The van der Waals surface area contributed by atoms with Crippen LogP contribution in [0.5, 0.6) is 0 Å². The van der Waals surface area contributed by atoms with Crippen LogP contribution < -0.4 is 5.73 Å². The van der Waals surface area contributed by atoms with Crippen LogP contribution in [-0.2, 0) is 11.3 Å². The quantitative estimate of drug-likeness (QED) is 0.465. The van der Waals surface area contributed by atoms with Crippen molar-refractivity contribution in [1.82, 2.24) is 29.3 Å². The Morgan fingerprint density at radius 3 is 2.69 bits per heavy atom. The Hall–Kier alpha value is -4.27. The van der Waals surface area contributed by atoms with Crippen LogP contribution in [0.25, 0.3) is 16.6 Å². The van der Waals surface area contributed by atoms with Crippen LogP contribution in [0.2, 0.25) is 0 Å². The Kier molecular flexibility index (Phi) is 6.13. The number of aromatic nitrogens is 4. The molecule has 1 aliphatic heterocycles. The number of benzene rings is 2. The topological polar surface area (TPSA) is 110 Å². The number of piperazine rings is 1. The fourth-order valence-corrected chi connectivity index (χ4v) is 4.59. The fraction of sp³-hybridized carbons (Fsp3) is 0.269. The highest BCUT2D eigenvalue weighted by Crippen LogP contribution is 2.23. The SMILES string of the molecule is CCCC1C(=O)N(Cc2ccc3c(N)ncnc3c2)CCN1C(=O)c1ccc(-n2ccnc2)cc1. The number of carbonyl (C=O) groups excluding carboxylic acids is 2. The molecule has 9 heteroatoms. The fourth-order valence-electron chi connectivity index (χ4n) is 4.59. The standard InChI is InChI=1S/C26H27N7O2/c1-2-3-23-26(35)31(15-18-4-9-21-22(14-18)29-16-30-24(21)27)12-13-33(23)25(34)19-5-7-20(8-6-19)32-11-10-28-17-32/h4-11,14,16-17,23H,2-3,12-13,15H2,1H3,(H2,27,29,30). The molecule has 9 nitrogen and oxygen atoms in total. The summed E-state index contributed by atoms with van der Waals surface area (Å²) < 4.78 is 1.88. The predicted molar refractivity (Wildman–Crippen MR) is 133 cm³/mol. The van der Waals surface area contributed by atoms with Crippen molar-refractivity contribution in [2.75, 3.05) is 18.8 Å². The lowest BCUT2D eigenvalue weighted by Gasteiger charge is -2.41. The second-order valence-corrected chi connectivity index (χ2v) is 8.69. The normalized spacial score (nSPS) is 16.1. The van der Waals surface area contributed by atoms with Crippen molar-refractivity contribution < 1.29 is 9.59 Å². The van der Waals surface area contributed by atoms with E-state index in [4.69, 9.17) is 5.73 Å². The van der Waals surface area contributed by atoms with Crippen LogP contribution in [0.4, 0.5) is 5.82 Å². The first kappa shape index (κ1) is 22.5. The van der Waals surface area contributed by atoms with Gasteiger partial charge in [0, 0.05) is 48.7 Å². The smallest absolute Gasteiger partial charge is 0.254 e. The van der Waals surface area contributed by atoms with Crippen molar-refractivity contribution in [3.8, 4) is 5.69 Å². The molecule has 0 radical (unpaired) electrons. The molecule has 5 rings (SSSR count). The summed E-state index contributed by atoms with van der Waals surface area (Å²) in [6.45, 7) is 3.45. The van der Waals surface area contributed by atoms with E-state index in [-0.39, 0.29) is 11.8 Å². The summed E-state index contributed by atoms with van der Waals surface area (Å²) >= 11 is 0. The number of imidazole rings is 1. The Bertz CT molecular complexity index is 1350. The Labute approximate surface area is 203 Å². The van der Waals surface area contributed by atoms with Gasteiger partial charge in [0.15, 0.2) is 0 Å². The third-order valence-corrected chi connectivity index (χ3v) is 6.43. The minimum absolute atomic E-state index is 0.0243. The monoisotopic (exact) mass is 469 g/mol. The van der Waals surface area contributed by atoms with Crippen molar-refractivity contribution in [2.24, 2.45) is 0 Å². The Morgan fingerprint density at radius 2 is 1.94 bits per heavy atom. The van der Waals surface area contributed by atoms with Gasteiger partial charge in [-0.15, -0.1) is 0 Å². The molecule has 0 saturated carbocycles. The number of rotatable bonds is 6. The summed E-state index contributed by atoms with van der Waals surface area (Å²) in [5.74, 6) is 0.293. The number of nitrogens with two attached hydrogens (primary N) is 1. The minimum atomic E-state index is -0.479. The van der Waals surface area contributed by atoms with Gasteiger partial charge in [-0.25, -0.2) is 15.0 Å².